The van der Waals surface area contributed by atoms with Crippen LogP contribution in [0, 0.1) is 0 Å². The lowest BCUT2D eigenvalue weighted by Gasteiger charge is -2.13. The van der Waals surface area contributed by atoms with Gasteiger partial charge in [0.1, 0.15) is 5.15 Å². The molecule has 1 atom stereocenters. The number of rotatable bonds is 3. The molecule has 18 heavy (non-hydrogen) atoms. The Morgan fingerprint density at radius 2 is 2.06 bits per heavy atom. The van der Waals surface area contributed by atoms with E-state index in [0.717, 1.165) is 0 Å². The Bertz CT molecular complexity index is 527. The minimum atomic E-state index is -3.27. The second-order valence-electron chi connectivity index (χ2n) is 4.92. The van der Waals surface area contributed by atoms with Crippen molar-refractivity contribution in [3.8, 4) is 0 Å². The molecule has 1 aromatic rings. The van der Waals surface area contributed by atoms with E-state index < -0.39 is 23.7 Å². The third-order valence-electron chi connectivity index (χ3n) is 3.33. The third-order valence-corrected chi connectivity index (χ3v) is 3.76. The first-order chi connectivity index (χ1) is 8.15. The average Bonchev–Trinajstić information content (AvgIpc) is 2.68. The van der Waals surface area contributed by atoms with E-state index in [0.29, 0.717) is 5.69 Å². The van der Waals surface area contributed by atoms with Crippen LogP contribution in [0.3, 0.4) is 0 Å². The van der Waals surface area contributed by atoms with E-state index in [9.17, 15) is 13.6 Å². The first kappa shape index (κ1) is 13.3. The smallest absolute Gasteiger partial charge is 0.320 e. The maximum atomic E-state index is 13.5. The van der Waals surface area contributed by atoms with Gasteiger partial charge in [0, 0.05) is 19.0 Å². The summed E-state index contributed by atoms with van der Waals surface area (Å²) in [6, 6.07) is 0. The van der Waals surface area contributed by atoms with Crippen molar-refractivity contribution >= 4 is 17.6 Å². The van der Waals surface area contributed by atoms with Crippen LogP contribution in [0.5, 0.6) is 0 Å². The molecule has 1 N–H and O–H groups in total. The number of carboxylic acids is 1. The van der Waals surface area contributed by atoms with Crippen LogP contribution >= 0.6 is 11.6 Å². The van der Waals surface area contributed by atoms with Gasteiger partial charge in [-0.2, -0.15) is 5.10 Å². The number of alkyl halides is 2. The summed E-state index contributed by atoms with van der Waals surface area (Å²) in [7, 11) is 1.51. The van der Waals surface area contributed by atoms with Crippen molar-refractivity contribution in [3.05, 3.63) is 16.4 Å². The van der Waals surface area contributed by atoms with Crippen LogP contribution in [0.25, 0.3) is 0 Å². The molecule has 4 nitrogen and oxygen atoms in total. The van der Waals surface area contributed by atoms with Crippen molar-refractivity contribution in [1.82, 2.24) is 9.78 Å². The van der Waals surface area contributed by atoms with Crippen LogP contribution in [-0.2, 0) is 17.3 Å². The lowest BCUT2D eigenvalue weighted by molar-refractivity contribution is -0.143. The fourth-order valence-corrected chi connectivity index (χ4v) is 2.52. The molecule has 0 saturated heterocycles. The standard InChI is InChI=1S/C11H13ClF2N2O2/c1-5(2)7-6(8(12)16(3)15-7)10(9(17)18)4-11(10,13)14/h5H,4H2,1-3H3,(H,17,18). The minimum absolute atomic E-state index is 0.0294. The first-order valence-corrected chi connectivity index (χ1v) is 5.87. The summed E-state index contributed by atoms with van der Waals surface area (Å²) in [5.41, 5.74) is -1.93. The first-order valence-electron chi connectivity index (χ1n) is 5.49. The molecule has 0 aromatic carbocycles. The van der Waals surface area contributed by atoms with Crippen LogP contribution in [0.2, 0.25) is 5.15 Å². The van der Waals surface area contributed by atoms with Gasteiger partial charge in [-0.05, 0) is 5.92 Å². The van der Waals surface area contributed by atoms with E-state index in [1.165, 1.54) is 11.7 Å². The largest absolute Gasteiger partial charge is 0.480 e. The Morgan fingerprint density at radius 1 is 1.56 bits per heavy atom. The van der Waals surface area contributed by atoms with Gasteiger partial charge in [-0.1, -0.05) is 25.4 Å². The van der Waals surface area contributed by atoms with E-state index in [-0.39, 0.29) is 16.6 Å². The normalized spacial score (nSPS) is 25.5. The number of aromatic nitrogens is 2. The van der Waals surface area contributed by atoms with Gasteiger partial charge in [0.05, 0.1) is 5.69 Å². The molecule has 1 aliphatic rings. The zero-order valence-corrected chi connectivity index (χ0v) is 10.9. The van der Waals surface area contributed by atoms with Gasteiger partial charge in [0.25, 0.3) is 5.92 Å². The molecular formula is C11H13ClF2N2O2. The van der Waals surface area contributed by atoms with Crippen molar-refractivity contribution < 1.29 is 18.7 Å². The summed E-state index contributed by atoms with van der Waals surface area (Å²) in [6.07, 6.45) is -0.722. The summed E-state index contributed by atoms with van der Waals surface area (Å²) < 4.78 is 28.3. The highest BCUT2D eigenvalue weighted by Crippen LogP contribution is 2.64. The van der Waals surface area contributed by atoms with Crippen molar-refractivity contribution in [1.29, 1.82) is 0 Å². The molecule has 0 bridgehead atoms. The SMILES string of the molecule is CC(C)c1nn(C)c(Cl)c1C1(C(=O)O)CC1(F)F. The molecule has 1 heterocycles. The molecule has 1 aliphatic carbocycles. The second kappa shape index (κ2) is 3.66. The number of nitrogens with zero attached hydrogens (tertiary/aromatic N) is 2. The van der Waals surface area contributed by atoms with Gasteiger partial charge < -0.3 is 5.11 Å². The zero-order valence-electron chi connectivity index (χ0n) is 10.2. The van der Waals surface area contributed by atoms with Gasteiger partial charge in [-0.25, -0.2) is 8.78 Å². The molecule has 7 heteroatoms. The quantitative estimate of drug-likeness (QED) is 0.924. The van der Waals surface area contributed by atoms with Crippen molar-refractivity contribution in [2.75, 3.05) is 0 Å². The molecule has 100 valence electrons. The Labute approximate surface area is 108 Å². The number of carboxylic acid groups (broad SMARTS) is 1. The molecule has 1 fully saturated rings. The predicted molar refractivity (Wildman–Crippen MR) is 61.2 cm³/mol. The number of hydrogen-bond acceptors (Lipinski definition) is 2. The van der Waals surface area contributed by atoms with Crippen molar-refractivity contribution in [2.45, 2.75) is 37.5 Å². The molecular weight excluding hydrogens is 266 g/mol. The van der Waals surface area contributed by atoms with E-state index in [1.54, 1.807) is 13.8 Å². The highest BCUT2D eigenvalue weighted by atomic mass is 35.5. The summed E-state index contributed by atoms with van der Waals surface area (Å²) >= 11 is 5.96. The zero-order chi connectivity index (χ0) is 13.9. The van der Waals surface area contributed by atoms with Crippen LogP contribution in [0.1, 0.15) is 37.4 Å². The van der Waals surface area contributed by atoms with Gasteiger partial charge >= 0.3 is 5.97 Å². The van der Waals surface area contributed by atoms with Gasteiger partial charge in [0.15, 0.2) is 5.41 Å². The summed E-state index contributed by atoms with van der Waals surface area (Å²) in [5.74, 6) is -4.99. The number of aryl methyl sites for hydroxylation is 1. The van der Waals surface area contributed by atoms with Crippen molar-refractivity contribution in [3.63, 3.8) is 0 Å². The van der Waals surface area contributed by atoms with Crippen LogP contribution in [0.4, 0.5) is 8.78 Å². The summed E-state index contributed by atoms with van der Waals surface area (Å²) in [5, 5.41) is 13.2. The van der Waals surface area contributed by atoms with Gasteiger partial charge in [-0.15, -0.1) is 0 Å². The lowest BCUT2D eigenvalue weighted by atomic mass is 9.92. The topological polar surface area (TPSA) is 55.1 Å². The Hall–Kier alpha value is -1.17. The summed E-state index contributed by atoms with van der Waals surface area (Å²) in [6.45, 7) is 3.52. The molecule has 0 amide bonds. The fourth-order valence-electron chi connectivity index (χ4n) is 2.22. The number of aliphatic carboxylic acids is 1. The van der Waals surface area contributed by atoms with Gasteiger partial charge in [-0.3, -0.25) is 9.48 Å². The van der Waals surface area contributed by atoms with Gasteiger partial charge in [0.2, 0.25) is 0 Å². The molecule has 1 saturated carbocycles. The Kier molecular flexibility index (Phi) is 2.70. The number of carbonyl (C=O) groups is 1. The fraction of sp³-hybridized carbons (Fsp3) is 0.636. The lowest BCUT2D eigenvalue weighted by Crippen LogP contribution is -2.28. The molecule has 1 unspecified atom stereocenters. The van der Waals surface area contributed by atoms with Crippen LogP contribution in [0.15, 0.2) is 0 Å². The minimum Gasteiger partial charge on any atom is -0.480 e. The maximum Gasteiger partial charge on any atom is 0.320 e. The molecule has 0 spiro atoms. The molecule has 1 aromatic heterocycles. The molecule has 0 radical (unpaired) electrons. The van der Waals surface area contributed by atoms with E-state index >= 15 is 0 Å². The Morgan fingerprint density at radius 3 is 2.39 bits per heavy atom. The van der Waals surface area contributed by atoms with Crippen molar-refractivity contribution in [2.24, 2.45) is 7.05 Å². The third kappa shape index (κ3) is 1.48. The maximum absolute atomic E-state index is 13.5. The van der Waals surface area contributed by atoms with E-state index in [4.69, 9.17) is 16.7 Å². The Balaban J connectivity index is 2.68. The predicted octanol–water partition coefficient (Wildman–Crippen LogP) is 2.56. The average molecular weight is 279 g/mol. The van der Waals surface area contributed by atoms with E-state index in [1.807, 2.05) is 0 Å². The molecule has 0 aliphatic heterocycles. The highest BCUT2D eigenvalue weighted by molar-refractivity contribution is 6.31. The number of hydrogen-bond donors (Lipinski definition) is 1. The van der Waals surface area contributed by atoms with E-state index in [2.05, 4.69) is 5.10 Å². The number of halogens is 3. The van der Waals surface area contributed by atoms with Crippen LogP contribution < -0.4 is 0 Å². The molecule has 2 rings (SSSR count). The highest BCUT2D eigenvalue weighted by Gasteiger charge is 2.79. The monoisotopic (exact) mass is 278 g/mol. The van der Waals surface area contributed by atoms with Crippen LogP contribution in [-0.4, -0.2) is 26.8 Å². The second-order valence-corrected chi connectivity index (χ2v) is 5.28. The summed E-state index contributed by atoms with van der Waals surface area (Å²) in [4.78, 5) is 11.3.